The minimum Gasteiger partial charge on any atom is -0.508 e. The van der Waals surface area contributed by atoms with Gasteiger partial charge in [-0.25, -0.2) is 0 Å². The molecule has 1 aromatic rings. The maximum absolute atomic E-state index is 12.8. The molecule has 21 heavy (non-hydrogen) atoms. The minimum absolute atomic E-state index is 0.0395. The van der Waals surface area contributed by atoms with E-state index in [-0.39, 0.29) is 17.1 Å². The van der Waals surface area contributed by atoms with Gasteiger partial charge < -0.3 is 14.7 Å². The Labute approximate surface area is 126 Å². The molecule has 1 saturated heterocycles. The second kappa shape index (κ2) is 5.34. The van der Waals surface area contributed by atoms with Crippen molar-refractivity contribution in [3.05, 3.63) is 29.3 Å². The van der Waals surface area contributed by atoms with Gasteiger partial charge in [-0.15, -0.1) is 0 Å². The number of benzene rings is 1. The average molecular weight is 291 g/mol. The van der Waals surface area contributed by atoms with Crippen LogP contribution in [0.4, 0.5) is 0 Å². The van der Waals surface area contributed by atoms with E-state index in [1.54, 1.807) is 30.2 Å². The van der Waals surface area contributed by atoms with E-state index in [1.165, 1.54) is 0 Å². The predicted octanol–water partition coefficient (Wildman–Crippen LogP) is 3.29. The summed E-state index contributed by atoms with van der Waals surface area (Å²) in [4.78, 5) is 14.6. The molecule has 4 heteroatoms. The Morgan fingerprint density at radius 3 is 2.62 bits per heavy atom. The van der Waals surface area contributed by atoms with Crippen LogP contribution in [-0.2, 0) is 10.2 Å². The van der Waals surface area contributed by atoms with Gasteiger partial charge in [0.25, 0.3) is 5.91 Å². The zero-order chi connectivity index (χ0) is 15.8. The highest BCUT2D eigenvalue weighted by atomic mass is 16.5. The maximum atomic E-state index is 12.8. The van der Waals surface area contributed by atoms with E-state index >= 15 is 0 Å². The summed E-state index contributed by atoms with van der Waals surface area (Å²) >= 11 is 0. The summed E-state index contributed by atoms with van der Waals surface area (Å²) in [6, 6.07) is 5.08. The summed E-state index contributed by atoms with van der Waals surface area (Å²) in [6.45, 7) is 8.71. The SMILES string of the molecule is COC1(C)CCCN1C(=O)c1ccc(O)c(C(C)(C)C)c1. The molecule has 0 aromatic heterocycles. The Bertz CT molecular complexity index is 547. The van der Waals surface area contributed by atoms with Crippen LogP contribution < -0.4 is 0 Å². The fourth-order valence-electron chi connectivity index (χ4n) is 2.89. The van der Waals surface area contributed by atoms with Gasteiger partial charge in [0.2, 0.25) is 0 Å². The lowest BCUT2D eigenvalue weighted by molar-refractivity contribution is -0.0796. The summed E-state index contributed by atoms with van der Waals surface area (Å²) in [5, 5.41) is 10.0. The highest BCUT2D eigenvalue weighted by Crippen LogP contribution is 2.34. The van der Waals surface area contributed by atoms with E-state index in [0.717, 1.165) is 18.4 Å². The topological polar surface area (TPSA) is 49.8 Å². The molecule has 116 valence electrons. The van der Waals surface area contributed by atoms with Crippen molar-refractivity contribution in [3.63, 3.8) is 0 Å². The molecule has 0 bridgehead atoms. The van der Waals surface area contributed by atoms with E-state index in [0.29, 0.717) is 12.1 Å². The van der Waals surface area contributed by atoms with Crippen LogP contribution in [0.2, 0.25) is 0 Å². The van der Waals surface area contributed by atoms with Crippen LogP contribution in [-0.4, -0.2) is 35.3 Å². The lowest BCUT2D eigenvalue weighted by atomic mass is 9.85. The third kappa shape index (κ3) is 2.91. The third-order valence-electron chi connectivity index (χ3n) is 4.33. The largest absolute Gasteiger partial charge is 0.508 e. The van der Waals surface area contributed by atoms with Crippen LogP contribution in [0.25, 0.3) is 0 Å². The van der Waals surface area contributed by atoms with Crippen LogP contribution >= 0.6 is 0 Å². The number of nitrogens with zero attached hydrogens (tertiary/aromatic N) is 1. The number of phenols is 1. The zero-order valence-electron chi connectivity index (χ0n) is 13.6. The van der Waals surface area contributed by atoms with E-state index in [4.69, 9.17) is 4.74 Å². The molecular weight excluding hydrogens is 266 g/mol. The summed E-state index contributed by atoms with van der Waals surface area (Å²) in [7, 11) is 1.64. The number of methoxy groups -OCH3 is 1. The Morgan fingerprint density at radius 2 is 2.05 bits per heavy atom. The number of phenolic OH excluding ortho intramolecular Hbond substituents is 1. The number of carbonyl (C=O) groups excluding carboxylic acids is 1. The molecule has 1 N–H and O–H groups in total. The first-order valence-electron chi connectivity index (χ1n) is 7.40. The fraction of sp³-hybridized carbons (Fsp3) is 0.588. The Kier molecular flexibility index (Phi) is 4.02. The van der Waals surface area contributed by atoms with Gasteiger partial charge >= 0.3 is 0 Å². The monoisotopic (exact) mass is 291 g/mol. The van der Waals surface area contributed by atoms with E-state index in [2.05, 4.69) is 0 Å². The molecule has 4 nitrogen and oxygen atoms in total. The summed E-state index contributed by atoms with van der Waals surface area (Å²) in [5.74, 6) is 0.192. The van der Waals surface area contributed by atoms with Gasteiger partial charge in [0.05, 0.1) is 0 Å². The quantitative estimate of drug-likeness (QED) is 0.909. The molecule has 1 amide bonds. The van der Waals surface area contributed by atoms with Crippen LogP contribution in [0.5, 0.6) is 5.75 Å². The van der Waals surface area contributed by atoms with Crippen molar-refractivity contribution in [2.24, 2.45) is 0 Å². The molecule has 0 radical (unpaired) electrons. The van der Waals surface area contributed by atoms with Crippen molar-refractivity contribution in [1.82, 2.24) is 4.90 Å². The molecule has 2 rings (SSSR count). The molecule has 1 aromatic carbocycles. The molecule has 1 unspecified atom stereocenters. The molecule has 0 saturated carbocycles. The Morgan fingerprint density at radius 1 is 1.38 bits per heavy atom. The van der Waals surface area contributed by atoms with Crippen molar-refractivity contribution >= 4 is 5.91 Å². The number of hydrogen-bond acceptors (Lipinski definition) is 3. The first-order chi connectivity index (χ1) is 9.69. The summed E-state index contributed by atoms with van der Waals surface area (Å²) < 4.78 is 5.53. The lowest BCUT2D eigenvalue weighted by Crippen LogP contribution is -2.46. The van der Waals surface area contributed by atoms with Crippen LogP contribution in [0, 0.1) is 0 Å². The lowest BCUT2D eigenvalue weighted by Gasteiger charge is -2.34. The molecule has 1 fully saturated rings. The van der Waals surface area contributed by atoms with Gasteiger partial charge in [0, 0.05) is 24.8 Å². The van der Waals surface area contributed by atoms with E-state index < -0.39 is 5.72 Å². The maximum Gasteiger partial charge on any atom is 0.256 e. The number of aromatic hydroxyl groups is 1. The van der Waals surface area contributed by atoms with Gasteiger partial charge in [-0.3, -0.25) is 4.79 Å². The van der Waals surface area contributed by atoms with Gasteiger partial charge in [-0.1, -0.05) is 20.8 Å². The second-order valence-corrected chi connectivity index (χ2v) is 6.92. The van der Waals surface area contributed by atoms with Gasteiger partial charge in [0.15, 0.2) is 0 Å². The Hall–Kier alpha value is -1.55. The van der Waals surface area contributed by atoms with E-state index in [1.807, 2.05) is 27.7 Å². The van der Waals surface area contributed by atoms with Crippen molar-refractivity contribution in [3.8, 4) is 5.75 Å². The third-order valence-corrected chi connectivity index (χ3v) is 4.33. The van der Waals surface area contributed by atoms with Crippen molar-refractivity contribution in [1.29, 1.82) is 0 Å². The van der Waals surface area contributed by atoms with Crippen molar-refractivity contribution < 1.29 is 14.6 Å². The van der Waals surface area contributed by atoms with Gasteiger partial charge in [-0.05, 0) is 43.4 Å². The van der Waals surface area contributed by atoms with Crippen molar-refractivity contribution in [2.75, 3.05) is 13.7 Å². The first kappa shape index (κ1) is 15.8. The van der Waals surface area contributed by atoms with Crippen LogP contribution in [0.15, 0.2) is 18.2 Å². The molecule has 1 heterocycles. The number of likely N-dealkylation sites (tertiary alicyclic amines) is 1. The van der Waals surface area contributed by atoms with Gasteiger partial charge in [0.1, 0.15) is 11.5 Å². The number of hydrogen-bond donors (Lipinski definition) is 1. The smallest absolute Gasteiger partial charge is 0.256 e. The van der Waals surface area contributed by atoms with E-state index in [9.17, 15) is 9.90 Å². The summed E-state index contributed by atoms with van der Waals surface area (Å²) in [6.07, 6.45) is 1.79. The zero-order valence-corrected chi connectivity index (χ0v) is 13.6. The molecule has 1 atom stereocenters. The number of rotatable bonds is 2. The fourth-order valence-corrected chi connectivity index (χ4v) is 2.89. The van der Waals surface area contributed by atoms with Crippen molar-refractivity contribution in [2.45, 2.75) is 51.7 Å². The van der Waals surface area contributed by atoms with Crippen LogP contribution in [0.1, 0.15) is 56.5 Å². The molecular formula is C17H25NO3. The number of carbonyl (C=O) groups is 1. The number of amides is 1. The van der Waals surface area contributed by atoms with Gasteiger partial charge in [-0.2, -0.15) is 0 Å². The molecule has 1 aliphatic rings. The standard InChI is InChI=1S/C17H25NO3/c1-16(2,3)13-11-12(7-8-14(13)19)15(20)18-10-6-9-17(18,4)21-5/h7-8,11,19H,6,9-10H2,1-5H3. The summed E-state index contributed by atoms with van der Waals surface area (Å²) in [5.41, 5.74) is 0.641. The highest BCUT2D eigenvalue weighted by Gasteiger charge is 2.40. The molecule has 0 spiro atoms. The first-order valence-corrected chi connectivity index (χ1v) is 7.40. The number of ether oxygens (including phenoxy) is 1. The second-order valence-electron chi connectivity index (χ2n) is 6.92. The average Bonchev–Trinajstić information content (AvgIpc) is 2.80. The highest BCUT2D eigenvalue weighted by molar-refractivity contribution is 5.95. The predicted molar refractivity (Wildman–Crippen MR) is 82.5 cm³/mol. The molecule has 1 aliphatic heterocycles. The Balaban J connectivity index is 2.37. The minimum atomic E-state index is -0.531. The molecule has 0 aliphatic carbocycles. The normalized spacial score (nSPS) is 22.6. The van der Waals surface area contributed by atoms with Crippen LogP contribution in [0.3, 0.4) is 0 Å².